The molecule has 0 aliphatic heterocycles. The van der Waals surface area contributed by atoms with Gasteiger partial charge in [-0.2, -0.15) is 0 Å². The van der Waals surface area contributed by atoms with Crippen molar-refractivity contribution in [2.24, 2.45) is 0 Å². The Labute approximate surface area is 144 Å². The molecule has 0 saturated carbocycles. The Balaban J connectivity index is 2.28. The fourth-order valence-electron chi connectivity index (χ4n) is 1.68. The molecule has 1 aromatic rings. The molecule has 0 aliphatic carbocycles. The molecule has 0 aromatic heterocycles. The molecule has 0 aliphatic rings. The minimum Gasteiger partial charge on any atom is -0.480 e. The molecule has 0 heterocycles. The van der Waals surface area contributed by atoms with Crippen molar-refractivity contribution in [1.29, 1.82) is 0 Å². The molecule has 9 heteroatoms. The Hall–Kier alpha value is -3.10. The normalized spacial score (nSPS) is 12.4. The second-order valence-corrected chi connectivity index (χ2v) is 5.27. The van der Waals surface area contributed by atoms with Crippen molar-refractivity contribution < 1.29 is 29.0 Å². The summed E-state index contributed by atoms with van der Waals surface area (Å²) in [6.07, 6.45) is -0.768. The average molecular weight is 351 g/mol. The molecule has 0 unspecified atom stereocenters. The molecule has 0 fully saturated rings. The van der Waals surface area contributed by atoms with Gasteiger partial charge >= 0.3 is 12.1 Å². The molecule has 0 radical (unpaired) electrons. The first-order chi connectivity index (χ1) is 11.8. The number of amides is 3. The maximum absolute atomic E-state index is 11.7. The third-order valence-electron chi connectivity index (χ3n) is 3.11. The quantitative estimate of drug-likeness (QED) is 0.521. The summed E-state index contributed by atoms with van der Waals surface area (Å²) in [5, 5.41) is 15.5. The molecular formula is C16H21N3O6. The summed E-state index contributed by atoms with van der Waals surface area (Å²) in [6.45, 7) is 2.40. The van der Waals surface area contributed by atoms with E-state index in [-0.39, 0.29) is 13.2 Å². The summed E-state index contributed by atoms with van der Waals surface area (Å²) >= 11 is 0. The Bertz CT molecular complexity index is 620. The third kappa shape index (κ3) is 7.82. The number of ether oxygens (including phenoxy) is 1. The molecule has 25 heavy (non-hydrogen) atoms. The Morgan fingerprint density at radius 2 is 1.68 bits per heavy atom. The minimum absolute atomic E-state index is 0.0696. The van der Waals surface area contributed by atoms with Crippen LogP contribution in [0.5, 0.6) is 0 Å². The zero-order chi connectivity index (χ0) is 18.8. The van der Waals surface area contributed by atoms with E-state index in [1.165, 1.54) is 13.8 Å². The monoisotopic (exact) mass is 351 g/mol. The lowest BCUT2D eigenvalue weighted by Gasteiger charge is -2.16. The molecular weight excluding hydrogens is 330 g/mol. The van der Waals surface area contributed by atoms with Gasteiger partial charge in [-0.05, 0) is 19.4 Å². The van der Waals surface area contributed by atoms with E-state index in [1.807, 2.05) is 18.2 Å². The van der Waals surface area contributed by atoms with Crippen molar-refractivity contribution in [2.45, 2.75) is 32.5 Å². The molecule has 0 saturated heterocycles. The number of benzene rings is 1. The van der Waals surface area contributed by atoms with Crippen LogP contribution >= 0.6 is 0 Å². The molecule has 1 aromatic carbocycles. The predicted molar refractivity (Wildman–Crippen MR) is 87.5 cm³/mol. The van der Waals surface area contributed by atoms with Crippen LogP contribution in [0.3, 0.4) is 0 Å². The van der Waals surface area contributed by atoms with Crippen LogP contribution in [0, 0.1) is 0 Å². The van der Waals surface area contributed by atoms with Crippen molar-refractivity contribution in [3.05, 3.63) is 35.9 Å². The molecule has 136 valence electrons. The molecule has 0 spiro atoms. The van der Waals surface area contributed by atoms with E-state index in [4.69, 9.17) is 9.84 Å². The van der Waals surface area contributed by atoms with Crippen molar-refractivity contribution in [1.82, 2.24) is 16.0 Å². The highest BCUT2D eigenvalue weighted by atomic mass is 16.5. The summed E-state index contributed by atoms with van der Waals surface area (Å²) < 4.78 is 4.94. The second kappa shape index (κ2) is 9.91. The van der Waals surface area contributed by atoms with Gasteiger partial charge in [-0.3, -0.25) is 14.4 Å². The summed E-state index contributed by atoms with van der Waals surface area (Å²) in [5.41, 5.74) is 0.806. The van der Waals surface area contributed by atoms with Gasteiger partial charge in [0.1, 0.15) is 25.2 Å². The number of carbonyl (C=O) groups is 4. The molecule has 9 nitrogen and oxygen atoms in total. The number of rotatable bonds is 8. The van der Waals surface area contributed by atoms with Crippen molar-refractivity contribution >= 4 is 23.9 Å². The molecule has 1 rings (SSSR count). The van der Waals surface area contributed by atoms with Crippen LogP contribution in [0.2, 0.25) is 0 Å². The van der Waals surface area contributed by atoms with E-state index < -0.39 is 36.0 Å². The van der Waals surface area contributed by atoms with Gasteiger partial charge in [0.15, 0.2) is 0 Å². The zero-order valence-electron chi connectivity index (χ0n) is 13.9. The van der Waals surface area contributed by atoms with Crippen molar-refractivity contribution in [3.63, 3.8) is 0 Å². The number of carboxylic acid groups (broad SMARTS) is 1. The van der Waals surface area contributed by atoms with Crippen molar-refractivity contribution in [3.8, 4) is 0 Å². The van der Waals surface area contributed by atoms with E-state index >= 15 is 0 Å². The van der Waals surface area contributed by atoms with Gasteiger partial charge in [0.25, 0.3) is 0 Å². The number of hydrogen-bond acceptors (Lipinski definition) is 5. The second-order valence-electron chi connectivity index (χ2n) is 5.27. The highest BCUT2D eigenvalue weighted by molar-refractivity contribution is 5.91. The lowest BCUT2D eigenvalue weighted by molar-refractivity contribution is -0.141. The van der Waals surface area contributed by atoms with Crippen LogP contribution in [0.1, 0.15) is 19.4 Å². The van der Waals surface area contributed by atoms with Gasteiger partial charge in [-0.1, -0.05) is 30.3 Å². The molecule has 4 N–H and O–H groups in total. The van der Waals surface area contributed by atoms with Crippen LogP contribution in [-0.2, 0) is 25.7 Å². The predicted octanol–water partition coefficient (Wildman–Crippen LogP) is 0.00680. The number of carbonyl (C=O) groups excluding carboxylic acids is 3. The maximum atomic E-state index is 11.7. The SMILES string of the molecule is C[C@H](NC(=O)CNC(=O)OCc1ccccc1)C(=O)N[C@H](C)C(=O)O. The van der Waals surface area contributed by atoms with Crippen LogP contribution in [0.15, 0.2) is 30.3 Å². The summed E-state index contributed by atoms with van der Waals surface area (Å²) in [5.74, 6) is -2.44. The van der Waals surface area contributed by atoms with E-state index in [0.29, 0.717) is 0 Å². The highest BCUT2D eigenvalue weighted by Gasteiger charge is 2.20. The van der Waals surface area contributed by atoms with Crippen LogP contribution < -0.4 is 16.0 Å². The minimum atomic E-state index is -1.19. The third-order valence-corrected chi connectivity index (χ3v) is 3.11. The summed E-state index contributed by atoms with van der Waals surface area (Å²) in [4.78, 5) is 45.5. The number of nitrogens with one attached hydrogen (secondary N) is 3. The molecule has 2 atom stereocenters. The molecule has 0 bridgehead atoms. The highest BCUT2D eigenvalue weighted by Crippen LogP contribution is 2.00. The van der Waals surface area contributed by atoms with Gasteiger partial charge in [-0.25, -0.2) is 4.79 Å². The van der Waals surface area contributed by atoms with Gasteiger partial charge < -0.3 is 25.8 Å². The summed E-state index contributed by atoms with van der Waals surface area (Å²) in [7, 11) is 0. The Morgan fingerprint density at radius 1 is 1.04 bits per heavy atom. The Kier molecular flexibility index (Phi) is 7.91. The first-order valence-electron chi connectivity index (χ1n) is 7.56. The number of aliphatic carboxylic acids is 1. The van der Waals surface area contributed by atoms with Gasteiger partial charge in [0.05, 0.1) is 0 Å². The largest absolute Gasteiger partial charge is 0.480 e. The number of alkyl carbamates (subject to hydrolysis) is 1. The van der Waals surface area contributed by atoms with Crippen LogP contribution in [0.25, 0.3) is 0 Å². The van der Waals surface area contributed by atoms with E-state index in [0.717, 1.165) is 5.56 Å². The maximum Gasteiger partial charge on any atom is 0.407 e. The molecule has 3 amide bonds. The first kappa shape index (κ1) is 19.9. The van der Waals surface area contributed by atoms with Crippen molar-refractivity contribution in [2.75, 3.05) is 6.54 Å². The van der Waals surface area contributed by atoms with Crippen LogP contribution in [-0.4, -0.2) is 47.6 Å². The van der Waals surface area contributed by atoms with Gasteiger partial charge in [0.2, 0.25) is 11.8 Å². The standard InChI is InChI=1S/C16H21N3O6/c1-10(14(21)19-11(2)15(22)23)18-13(20)8-17-16(24)25-9-12-6-4-3-5-7-12/h3-7,10-11H,8-9H2,1-2H3,(H,17,24)(H,18,20)(H,19,21)(H,22,23)/t10-,11+/m0/s1. The van der Waals surface area contributed by atoms with Gasteiger partial charge in [0, 0.05) is 0 Å². The van der Waals surface area contributed by atoms with Crippen LogP contribution in [0.4, 0.5) is 4.79 Å². The van der Waals surface area contributed by atoms with E-state index in [2.05, 4.69) is 16.0 Å². The topological polar surface area (TPSA) is 134 Å². The Morgan fingerprint density at radius 3 is 2.28 bits per heavy atom. The number of carboxylic acids is 1. The van der Waals surface area contributed by atoms with E-state index in [1.54, 1.807) is 12.1 Å². The lowest BCUT2D eigenvalue weighted by atomic mass is 10.2. The average Bonchev–Trinajstić information content (AvgIpc) is 2.58. The lowest BCUT2D eigenvalue weighted by Crippen LogP contribution is -2.51. The van der Waals surface area contributed by atoms with E-state index in [9.17, 15) is 19.2 Å². The number of hydrogen-bond donors (Lipinski definition) is 4. The first-order valence-corrected chi connectivity index (χ1v) is 7.56. The van der Waals surface area contributed by atoms with Gasteiger partial charge in [-0.15, -0.1) is 0 Å². The fourth-order valence-corrected chi connectivity index (χ4v) is 1.68. The smallest absolute Gasteiger partial charge is 0.407 e. The fraction of sp³-hybridized carbons (Fsp3) is 0.375. The zero-order valence-corrected chi connectivity index (χ0v) is 13.9. The summed E-state index contributed by atoms with van der Waals surface area (Å²) in [6, 6.07) is 7.01.